The lowest BCUT2D eigenvalue weighted by Gasteiger charge is -2.24. The van der Waals surface area contributed by atoms with Gasteiger partial charge < -0.3 is 10.2 Å². The standard InChI is InChI=1S/C19H17Cl2N3O4/c1-11-9-12(4-7-16(11)24(27)28)19(26)23-8-2-3-17(23)18(25)22-15-6-5-13(20)10-14(15)21/h4-7,9-10,17H,2-3,8H2,1H3,(H,22,25)/t17-/m0/s1. The average Bonchev–Trinajstić information content (AvgIpc) is 3.12. The number of rotatable bonds is 4. The Labute approximate surface area is 171 Å². The molecule has 2 aromatic carbocycles. The Hall–Kier alpha value is -2.64. The second kappa shape index (κ2) is 8.16. The summed E-state index contributed by atoms with van der Waals surface area (Å²) in [6.07, 6.45) is 1.21. The van der Waals surface area contributed by atoms with Gasteiger partial charge in [-0.3, -0.25) is 19.7 Å². The third-order valence-electron chi connectivity index (χ3n) is 4.65. The molecule has 2 amide bonds. The molecule has 28 heavy (non-hydrogen) atoms. The van der Waals surface area contributed by atoms with Crippen molar-refractivity contribution in [3.63, 3.8) is 0 Å². The van der Waals surface area contributed by atoms with Gasteiger partial charge in [-0.05, 0) is 50.1 Å². The highest BCUT2D eigenvalue weighted by Gasteiger charge is 2.35. The number of halogens is 2. The van der Waals surface area contributed by atoms with Crippen molar-refractivity contribution in [2.24, 2.45) is 0 Å². The van der Waals surface area contributed by atoms with Crippen molar-refractivity contribution in [1.29, 1.82) is 0 Å². The number of hydrogen-bond acceptors (Lipinski definition) is 4. The maximum absolute atomic E-state index is 12.9. The van der Waals surface area contributed by atoms with Crippen molar-refractivity contribution >= 4 is 46.4 Å². The molecule has 3 rings (SSSR count). The number of hydrogen-bond donors (Lipinski definition) is 1. The van der Waals surface area contributed by atoms with Gasteiger partial charge in [-0.15, -0.1) is 0 Å². The van der Waals surface area contributed by atoms with Crippen LogP contribution in [-0.4, -0.2) is 34.2 Å². The summed E-state index contributed by atoms with van der Waals surface area (Å²) in [5, 5.41) is 14.5. The molecule has 1 saturated heterocycles. The fraction of sp³-hybridized carbons (Fsp3) is 0.263. The van der Waals surface area contributed by atoms with Crippen molar-refractivity contribution in [2.45, 2.75) is 25.8 Å². The predicted molar refractivity (Wildman–Crippen MR) is 107 cm³/mol. The molecule has 1 aliphatic rings. The van der Waals surface area contributed by atoms with Crippen LogP contribution in [0.1, 0.15) is 28.8 Å². The summed E-state index contributed by atoms with van der Waals surface area (Å²) in [6.45, 7) is 2.01. The lowest BCUT2D eigenvalue weighted by molar-refractivity contribution is -0.385. The SMILES string of the molecule is Cc1cc(C(=O)N2CCC[C@H]2C(=O)Nc2ccc(Cl)cc2Cl)ccc1[N+](=O)[O-]. The van der Waals surface area contributed by atoms with E-state index in [9.17, 15) is 19.7 Å². The van der Waals surface area contributed by atoms with Gasteiger partial charge in [-0.2, -0.15) is 0 Å². The van der Waals surface area contributed by atoms with E-state index in [1.807, 2.05) is 0 Å². The number of benzene rings is 2. The molecule has 1 atom stereocenters. The molecule has 0 spiro atoms. The Kier molecular flexibility index (Phi) is 5.86. The van der Waals surface area contributed by atoms with Crippen molar-refractivity contribution < 1.29 is 14.5 Å². The van der Waals surface area contributed by atoms with Gasteiger partial charge in [0, 0.05) is 28.8 Å². The number of amides is 2. The van der Waals surface area contributed by atoms with Crippen molar-refractivity contribution in [3.05, 3.63) is 67.7 Å². The first kappa shape index (κ1) is 20.1. The summed E-state index contributed by atoms with van der Waals surface area (Å²) >= 11 is 12.0. The van der Waals surface area contributed by atoms with Crippen LogP contribution in [-0.2, 0) is 4.79 Å². The van der Waals surface area contributed by atoms with Crippen LogP contribution in [0.5, 0.6) is 0 Å². The normalized spacial score (nSPS) is 16.1. The van der Waals surface area contributed by atoms with Gasteiger partial charge in [0.2, 0.25) is 5.91 Å². The zero-order valence-corrected chi connectivity index (χ0v) is 16.5. The zero-order valence-electron chi connectivity index (χ0n) is 14.9. The summed E-state index contributed by atoms with van der Waals surface area (Å²) in [7, 11) is 0. The largest absolute Gasteiger partial charge is 0.327 e. The highest BCUT2D eigenvalue weighted by atomic mass is 35.5. The van der Waals surface area contributed by atoms with E-state index in [-0.39, 0.29) is 17.5 Å². The minimum Gasteiger partial charge on any atom is -0.327 e. The summed E-state index contributed by atoms with van der Waals surface area (Å²) < 4.78 is 0. The summed E-state index contributed by atoms with van der Waals surface area (Å²) in [6, 6.07) is 8.29. The van der Waals surface area contributed by atoms with Gasteiger partial charge in [0.15, 0.2) is 0 Å². The van der Waals surface area contributed by atoms with Crippen LogP contribution < -0.4 is 5.32 Å². The summed E-state index contributed by atoms with van der Waals surface area (Å²) in [4.78, 5) is 37.6. The van der Waals surface area contributed by atoms with Gasteiger partial charge in [0.05, 0.1) is 15.6 Å². The molecule has 9 heteroatoms. The Balaban J connectivity index is 1.78. The molecule has 0 aromatic heterocycles. The van der Waals surface area contributed by atoms with E-state index in [1.54, 1.807) is 19.1 Å². The van der Waals surface area contributed by atoms with Crippen molar-refractivity contribution in [3.8, 4) is 0 Å². The van der Waals surface area contributed by atoms with Gasteiger partial charge in [-0.1, -0.05) is 23.2 Å². The molecule has 1 aliphatic heterocycles. The monoisotopic (exact) mass is 421 g/mol. The zero-order chi connectivity index (χ0) is 20.4. The molecule has 0 aliphatic carbocycles. The smallest absolute Gasteiger partial charge is 0.272 e. The Morgan fingerprint density at radius 1 is 1.21 bits per heavy atom. The second-order valence-corrected chi connectivity index (χ2v) is 7.37. The van der Waals surface area contributed by atoms with Crippen LogP contribution in [0.2, 0.25) is 10.0 Å². The molecule has 1 fully saturated rings. The van der Waals surface area contributed by atoms with E-state index in [4.69, 9.17) is 23.2 Å². The number of aryl methyl sites for hydroxylation is 1. The number of nitrogens with zero attached hydrogens (tertiary/aromatic N) is 2. The van der Waals surface area contributed by atoms with Crippen molar-refractivity contribution in [1.82, 2.24) is 4.90 Å². The van der Waals surface area contributed by atoms with Crippen LogP contribution in [0, 0.1) is 17.0 Å². The Morgan fingerprint density at radius 3 is 2.61 bits per heavy atom. The molecule has 2 aromatic rings. The van der Waals surface area contributed by atoms with Gasteiger partial charge in [0.1, 0.15) is 6.04 Å². The van der Waals surface area contributed by atoms with Crippen LogP contribution in [0.4, 0.5) is 11.4 Å². The fourth-order valence-electron chi connectivity index (χ4n) is 3.25. The predicted octanol–water partition coefficient (Wildman–Crippen LogP) is 4.45. The van der Waals surface area contributed by atoms with E-state index in [1.165, 1.54) is 29.2 Å². The molecular formula is C19H17Cl2N3O4. The first-order valence-corrected chi connectivity index (χ1v) is 9.35. The summed E-state index contributed by atoms with van der Waals surface area (Å²) in [5.74, 6) is -0.674. The molecule has 1 heterocycles. The van der Waals surface area contributed by atoms with E-state index in [0.717, 1.165) is 0 Å². The summed E-state index contributed by atoms with van der Waals surface area (Å²) in [5.41, 5.74) is 1.07. The number of likely N-dealkylation sites (tertiary alicyclic amines) is 1. The minimum atomic E-state index is -0.644. The van der Waals surface area contributed by atoms with E-state index < -0.39 is 11.0 Å². The molecule has 146 valence electrons. The molecule has 7 nitrogen and oxygen atoms in total. The third-order valence-corrected chi connectivity index (χ3v) is 5.19. The first-order chi connectivity index (χ1) is 13.3. The molecule has 0 saturated carbocycles. The van der Waals surface area contributed by atoms with Gasteiger partial charge in [0.25, 0.3) is 11.6 Å². The number of anilines is 1. The first-order valence-electron chi connectivity index (χ1n) is 8.60. The van der Waals surface area contributed by atoms with E-state index >= 15 is 0 Å². The lowest BCUT2D eigenvalue weighted by Crippen LogP contribution is -2.43. The molecular weight excluding hydrogens is 405 g/mol. The van der Waals surface area contributed by atoms with Gasteiger partial charge in [-0.25, -0.2) is 0 Å². The number of nitro groups is 1. The Morgan fingerprint density at radius 2 is 1.96 bits per heavy atom. The van der Waals surface area contributed by atoms with Gasteiger partial charge >= 0.3 is 0 Å². The van der Waals surface area contributed by atoms with Crippen LogP contribution in [0.3, 0.4) is 0 Å². The second-order valence-electron chi connectivity index (χ2n) is 6.53. The Bertz CT molecular complexity index is 964. The molecule has 1 N–H and O–H groups in total. The minimum absolute atomic E-state index is 0.0513. The third kappa shape index (κ3) is 4.10. The van der Waals surface area contributed by atoms with Crippen LogP contribution in [0.15, 0.2) is 36.4 Å². The quantitative estimate of drug-likeness (QED) is 0.582. The van der Waals surface area contributed by atoms with Crippen LogP contribution in [0.25, 0.3) is 0 Å². The van der Waals surface area contributed by atoms with Crippen molar-refractivity contribution in [2.75, 3.05) is 11.9 Å². The number of nitro benzene ring substituents is 1. The molecule has 0 radical (unpaired) electrons. The number of carbonyl (C=O) groups excluding carboxylic acids is 2. The average molecular weight is 422 g/mol. The number of carbonyl (C=O) groups is 2. The van der Waals surface area contributed by atoms with E-state index in [0.29, 0.717) is 46.2 Å². The van der Waals surface area contributed by atoms with Crippen LogP contribution >= 0.6 is 23.2 Å². The lowest BCUT2D eigenvalue weighted by atomic mass is 10.1. The molecule has 0 unspecified atom stereocenters. The molecule has 0 bridgehead atoms. The topological polar surface area (TPSA) is 92.6 Å². The number of nitrogens with one attached hydrogen (secondary N) is 1. The highest BCUT2D eigenvalue weighted by Crippen LogP contribution is 2.28. The maximum Gasteiger partial charge on any atom is 0.272 e. The highest BCUT2D eigenvalue weighted by molar-refractivity contribution is 6.36. The fourth-order valence-corrected chi connectivity index (χ4v) is 3.70. The van der Waals surface area contributed by atoms with E-state index in [2.05, 4.69) is 5.32 Å². The maximum atomic E-state index is 12.9.